The fourth-order valence-corrected chi connectivity index (χ4v) is 1.53. The maximum atomic E-state index is 12.7. The molecule has 1 amide bonds. The van der Waals surface area contributed by atoms with Crippen molar-refractivity contribution in [2.24, 2.45) is 11.7 Å². The number of halogens is 3. The van der Waals surface area contributed by atoms with Crippen LogP contribution in [0.4, 0.5) is 13.2 Å². The van der Waals surface area contributed by atoms with Gasteiger partial charge in [0.25, 0.3) is 0 Å². The van der Waals surface area contributed by atoms with E-state index in [1.807, 2.05) is 0 Å². The van der Waals surface area contributed by atoms with Crippen molar-refractivity contribution in [3.05, 3.63) is 35.4 Å². The van der Waals surface area contributed by atoms with Crippen LogP contribution in [0.5, 0.6) is 0 Å². The summed E-state index contributed by atoms with van der Waals surface area (Å²) in [5.74, 6) is -0.801. The molecule has 0 radical (unpaired) electrons. The van der Waals surface area contributed by atoms with Gasteiger partial charge in [-0.1, -0.05) is 25.1 Å². The van der Waals surface area contributed by atoms with Crippen LogP contribution in [0, 0.1) is 5.92 Å². The molecule has 0 saturated heterocycles. The Morgan fingerprint density at radius 1 is 1.32 bits per heavy atom. The van der Waals surface area contributed by atoms with Crippen LogP contribution in [-0.4, -0.2) is 11.9 Å². The highest BCUT2D eigenvalue weighted by Crippen LogP contribution is 2.31. The van der Waals surface area contributed by atoms with E-state index in [4.69, 9.17) is 5.73 Å². The van der Waals surface area contributed by atoms with Crippen LogP contribution in [0.1, 0.15) is 25.0 Å². The first-order chi connectivity index (χ1) is 8.73. The van der Waals surface area contributed by atoms with E-state index in [1.165, 1.54) is 18.2 Å². The summed E-state index contributed by atoms with van der Waals surface area (Å²) in [4.78, 5) is 11.6. The highest BCUT2D eigenvalue weighted by molar-refractivity contribution is 5.78. The first-order valence-corrected chi connectivity index (χ1v) is 5.92. The van der Waals surface area contributed by atoms with Crippen LogP contribution in [0.15, 0.2) is 24.3 Å². The van der Waals surface area contributed by atoms with Gasteiger partial charge in [-0.3, -0.25) is 4.79 Å². The van der Waals surface area contributed by atoms with Gasteiger partial charge in [0.1, 0.15) is 0 Å². The van der Waals surface area contributed by atoms with Crippen molar-refractivity contribution in [1.82, 2.24) is 5.32 Å². The molecule has 2 unspecified atom stereocenters. The number of hydrogen-bond donors (Lipinski definition) is 2. The first-order valence-electron chi connectivity index (χ1n) is 5.92. The molecule has 0 aliphatic heterocycles. The Morgan fingerprint density at radius 3 is 2.42 bits per heavy atom. The van der Waals surface area contributed by atoms with Gasteiger partial charge >= 0.3 is 6.18 Å². The van der Waals surface area contributed by atoms with E-state index in [2.05, 4.69) is 5.32 Å². The van der Waals surface area contributed by atoms with Gasteiger partial charge < -0.3 is 11.1 Å². The minimum absolute atomic E-state index is 0.0419. The predicted octanol–water partition coefficient (Wildman–Crippen LogP) is 2.30. The van der Waals surface area contributed by atoms with Crippen molar-refractivity contribution in [1.29, 1.82) is 0 Å². The Balaban J connectivity index is 2.77. The number of rotatable bonds is 4. The van der Waals surface area contributed by atoms with E-state index < -0.39 is 17.7 Å². The molecule has 1 aromatic rings. The summed E-state index contributed by atoms with van der Waals surface area (Å²) in [6, 6.07) is 4.82. The quantitative estimate of drug-likeness (QED) is 0.885. The monoisotopic (exact) mass is 274 g/mol. The zero-order chi connectivity index (χ0) is 14.6. The lowest BCUT2D eigenvalue weighted by Crippen LogP contribution is -2.38. The second kappa shape index (κ2) is 6.06. The average Bonchev–Trinajstić information content (AvgIpc) is 2.34. The van der Waals surface area contributed by atoms with Crippen molar-refractivity contribution >= 4 is 5.91 Å². The molecule has 6 heteroatoms. The number of benzene rings is 1. The number of nitrogens with one attached hydrogen (secondary N) is 1. The highest BCUT2D eigenvalue weighted by atomic mass is 19.4. The summed E-state index contributed by atoms with van der Waals surface area (Å²) in [6.07, 6.45) is -4.42. The van der Waals surface area contributed by atoms with E-state index >= 15 is 0 Å². The molecule has 0 heterocycles. The Bertz CT molecular complexity index is 444. The highest BCUT2D eigenvalue weighted by Gasteiger charge is 2.32. The van der Waals surface area contributed by atoms with Crippen LogP contribution < -0.4 is 11.1 Å². The molecule has 19 heavy (non-hydrogen) atoms. The molecule has 2 atom stereocenters. The molecular formula is C13H17F3N2O. The summed E-state index contributed by atoms with van der Waals surface area (Å²) >= 11 is 0. The van der Waals surface area contributed by atoms with Gasteiger partial charge in [0, 0.05) is 18.5 Å². The third-order valence-electron chi connectivity index (χ3n) is 2.98. The van der Waals surface area contributed by atoms with E-state index in [-0.39, 0.29) is 24.1 Å². The van der Waals surface area contributed by atoms with Crippen molar-refractivity contribution in [2.45, 2.75) is 32.6 Å². The molecule has 0 aliphatic carbocycles. The molecule has 0 fully saturated rings. The summed E-state index contributed by atoms with van der Waals surface area (Å²) < 4.78 is 38.2. The van der Waals surface area contributed by atoms with Crippen molar-refractivity contribution in [2.75, 3.05) is 0 Å². The third-order valence-corrected chi connectivity index (χ3v) is 2.98. The lowest BCUT2D eigenvalue weighted by Gasteiger charge is -2.17. The Labute approximate surface area is 110 Å². The molecule has 0 aromatic heterocycles. The topological polar surface area (TPSA) is 55.1 Å². The third kappa shape index (κ3) is 4.24. The van der Waals surface area contributed by atoms with Gasteiger partial charge in [0.15, 0.2) is 0 Å². The SMILES string of the molecule is CC(N)C(C)C(=O)NCc1ccccc1C(F)(F)F. The first kappa shape index (κ1) is 15.5. The zero-order valence-corrected chi connectivity index (χ0v) is 10.8. The summed E-state index contributed by atoms with van der Waals surface area (Å²) in [7, 11) is 0. The Hall–Kier alpha value is -1.56. The number of amides is 1. The maximum absolute atomic E-state index is 12.7. The molecule has 3 N–H and O–H groups in total. The van der Waals surface area contributed by atoms with Gasteiger partial charge in [-0.05, 0) is 18.6 Å². The lowest BCUT2D eigenvalue weighted by molar-refractivity contribution is -0.138. The average molecular weight is 274 g/mol. The minimum atomic E-state index is -4.42. The Morgan fingerprint density at radius 2 is 1.89 bits per heavy atom. The van der Waals surface area contributed by atoms with Crippen molar-refractivity contribution in [3.8, 4) is 0 Å². The van der Waals surface area contributed by atoms with Crippen LogP contribution in [0.2, 0.25) is 0 Å². The second-order valence-electron chi connectivity index (χ2n) is 4.52. The predicted molar refractivity (Wildman–Crippen MR) is 66.1 cm³/mol. The van der Waals surface area contributed by atoms with E-state index in [0.717, 1.165) is 6.07 Å². The van der Waals surface area contributed by atoms with E-state index in [1.54, 1.807) is 13.8 Å². The van der Waals surface area contributed by atoms with Crippen molar-refractivity contribution < 1.29 is 18.0 Å². The van der Waals surface area contributed by atoms with Crippen LogP contribution in [0.25, 0.3) is 0 Å². The largest absolute Gasteiger partial charge is 0.416 e. The van der Waals surface area contributed by atoms with Crippen molar-refractivity contribution in [3.63, 3.8) is 0 Å². The smallest absolute Gasteiger partial charge is 0.352 e. The second-order valence-corrected chi connectivity index (χ2v) is 4.52. The standard InChI is InChI=1S/C13H17F3N2O/c1-8(9(2)17)12(19)18-7-10-5-3-4-6-11(10)13(14,15)16/h3-6,8-9H,7,17H2,1-2H3,(H,18,19). The van der Waals surface area contributed by atoms with Gasteiger partial charge in [-0.15, -0.1) is 0 Å². The fourth-order valence-electron chi connectivity index (χ4n) is 1.53. The molecule has 0 saturated carbocycles. The summed E-state index contributed by atoms with van der Waals surface area (Å²) in [6.45, 7) is 3.15. The Kier molecular flexibility index (Phi) is 4.94. The number of nitrogens with two attached hydrogens (primary N) is 1. The molecule has 1 aromatic carbocycles. The molecule has 3 nitrogen and oxygen atoms in total. The van der Waals surface area contributed by atoms with Gasteiger partial charge in [-0.2, -0.15) is 13.2 Å². The number of alkyl halides is 3. The molecule has 0 bridgehead atoms. The number of carbonyl (C=O) groups excluding carboxylic acids is 1. The van der Waals surface area contributed by atoms with E-state index in [9.17, 15) is 18.0 Å². The summed E-state index contributed by atoms with van der Waals surface area (Å²) in [5, 5.41) is 2.47. The number of carbonyl (C=O) groups is 1. The molecule has 0 aliphatic rings. The lowest BCUT2D eigenvalue weighted by atomic mass is 10.0. The number of hydrogen-bond acceptors (Lipinski definition) is 2. The molecule has 0 spiro atoms. The fraction of sp³-hybridized carbons (Fsp3) is 0.462. The molecule has 1 rings (SSSR count). The minimum Gasteiger partial charge on any atom is -0.352 e. The summed E-state index contributed by atoms with van der Waals surface area (Å²) in [5.41, 5.74) is 4.87. The van der Waals surface area contributed by atoms with E-state index in [0.29, 0.717) is 0 Å². The normalized spacial score (nSPS) is 14.8. The zero-order valence-electron chi connectivity index (χ0n) is 10.8. The van der Waals surface area contributed by atoms with Crippen LogP contribution in [-0.2, 0) is 17.5 Å². The van der Waals surface area contributed by atoms with Gasteiger partial charge in [0.05, 0.1) is 5.56 Å². The molecule has 106 valence electrons. The van der Waals surface area contributed by atoms with Gasteiger partial charge in [-0.25, -0.2) is 0 Å². The van der Waals surface area contributed by atoms with Crippen LogP contribution in [0.3, 0.4) is 0 Å². The van der Waals surface area contributed by atoms with Gasteiger partial charge in [0.2, 0.25) is 5.91 Å². The molecular weight excluding hydrogens is 257 g/mol. The van der Waals surface area contributed by atoms with Crippen LogP contribution >= 0.6 is 0 Å². The maximum Gasteiger partial charge on any atom is 0.416 e.